The summed E-state index contributed by atoms with van der Waals surface area (Å²) in [4.78, 5) is 3.96. The van der Waals surface area contributed by atoms with Crippen LogP contribution in [0.25, 0.3) is 0 Å². The van der Waals surface area contributed by atoms with Gasteiger partial charge in [-0.2, -0.15) is 0 Å². The summed E-state index contributed by atoms with van der Waals surface area (Å²) < 4.78 is 0. The second kappa shape index (κ2) is 6.64. The second-order valence-corrected chi connectivity index (χ2v) is 5.22. The van der Waals surface area contributed by atoms with Crippen molar-refractivity contribution in [3.05, 3.63) is 65.0 Å². The quantitative estimate of drug-likeness (QED) is 0.877. The molecule has 2 aromatic rings. The first-order valence-electron chi connectivity index (χ1n) is 6.97. The van der Waals surface area contributed by atoms with E-state index in [1.165, 1.54) is 16.7 Å². The van der Waals surface area contributed by atoms with Gasteiger partial charge in [0.1, 0.15) is 0 Å². The average Bonchev–Trinajstić information content (AvgIpc) is 2.48. The molecule has 0 aliphatic carbocycles. The lowest BCUT2D eigenvalue weighted by Gasteiger charge is -2.20. The fourth-order valence-corrected chi connectivity index (χ4v) is 2.34. The summed E-state index contributed by atoms with van der Waals surface area (Å²) in [5.41, 5.74) is 4.78. The van der Waals surface area contributed by atoms with Gasteiger partial charge in [0.05, 0.1) is 6.10 Å². The van der Waals surface area contributed by atoms with Crippen LogP contribution in [-0.4, -0.2) is 16.6 Å². The molecule has 2 rings (SSSR count). The number of aromatic nitrogens is 1. The summed E-state index contributed by atoms with van der Waals surface area (Å²) >= 11 is 0. The molecule has 0 amide bonds. The maximum absolute atomic E-state index is 10.1. The van der Waals surface area contributed by atoms with Crippen molar-refractivity contribution in [2.24, 2.45) is 0 Å². The molecule has 0 saturated heterocycles. The van der Waals surface area contributed by atoms with E-state index < -0.39 is 6.10 Å². The van der Waals surface area contributed by atoms with E-state index in [4.69, 9.17) is 0 Å². The lowest BCUT2D eigenvalue weighted by molar-refractivity contribution is 0.170. The molecule has 1 aromatic carbocycles. The average molecular weight is 270 g/mol. The highest BCUT2D eigenvalue weighted by atomic mass is 16.3. The number of nitrogens with zero attached hydrogens (tertiary/aromatic N) is 1. The molecule has 0 aliphatic rings. The molecule has 0 fully saturated rings. The van der Waals surface area contributed by atoms with Gasteiger partial charge in [0, 0.05) is 25.0 Å². The number of rotatable bonds is 5. The van der Waals surface area contributed by atoms with Crippen LogP contribution in [0.5, 0.6) is 0 Å². The Balaban J connectivity index is 1.99. The topological polar surface area (TPSA) is 45.1 Å². The van der Waals surface area contributed by atoms with Gasteiger partial charge in [-0.15, -0.1) is 0 Å². The monoisotopic (exact) mass is 270 g/mol. The first kappa shape index (κ1) is 14.7. The van der Waals surface area contributed by atoms with Crippen LogP contribution in [0.1, 0.15) is 41.3 Å². The number of aliphatic hydroxyl groups is 1. The third kappa shape index (κ3) is 3.44. The van der Waals surface area contributed by atoms with Crippen molar-refractivity contribution in [1.29, 1.82) is 0 Å². The molecule has 3 heteroatoms. The van der Waals surface area contributed by atoms with Crippen molar-refractivity contribution >= 4 is 0 Å². The molecule has 1 aromatic heterocycles. The van der Waals surface area contributed by atoms with E-state index in [9.17, 15) is 5.11 Å². The molecule has 0 saturated carbocycles. The third-order valence-corrected chi connectivity index (χ3v) is 3.82. The van der Waals surface area contributed by atoms with Gasteiger partial charge in [-0.25, -0.2) is 0 Å². The number of hydrogen-bond donors (Lipinski definition) is 2. The Labute approximate surface area is 120 Å². The number of hydrogen-bond acceptors (Lipinski definition) is 3. The second-order valence-electron chi connectivity index (χ2n) is 5.22. The zero-order valence-corrected chi connectivity index (χ0v) is 12.3. The van der Waals surface area contributed by atoms with Crippen molar-refractivity contribution in [2.45, 2.75) is 32.9 Å². The minimum Gasteiger partial charge on any atom is -0.387 e. The zero-order valence-electron chi connectivity index (χ0n) is 12.3. The van der Waals surface area contributed by atoms with Crippen molar-refractivity contribution in [2.75, 3.05) is 6.54 Å². The van der Waals surface area contributed by atoms with E-state index in [2.05, 4.69) is 49.3 Å². The molecule has 2 atom stereocenters. The molecular weight excluding hydrogens is 248 g/mol. The predicted octanol–water partition coefficient (Wildman–Crippen LogP) is 3.08. The van der Waals surface area contributed by atoms with E-state index in [0.29, 0.717) is 6.54 Å². The highest BCUT2D eigenvalue weighted by Gasteiger charge is 2.12. The highest BCUT2D eigenvalue weighted by Crippen LogP contribution is 2.20. The summed E-state index contributed by atoms with van der Waals surface area (Å²) in [5, 5.41) is 13.5. The van der Waals surface area contributed by atoms with Crippen LogP contribution >= 0.6 is 0 Å². The smallest absolute Gasteiger partial charge is 0.0915 e. The zero-order chi connectivity index (χ0) is 14.5. The Morgan fingerprint density at radius 3 is 2.55 bits per heavy atom. The molecule has 3 nitrogen and oxygen atoms in total. The molecule has 0 radical (unpaired) electrons. The lowest BCUT2D eigenvalue weighted by Crippen LogP contribution is -2.25. The number of nitrogens with one attached hydrogen (secondary N) is 1. The number of pyridine rings is 1. The molecular formula is C17H22N2O. The van der Waals surface area contributed by atoms with E-state index in [0.717, 1.165) is 5.56 Å². The van der Waals surface area contributed by atoms with E-state index >= 15 is 0 Å². The summed E-state index contributed by atoms with van der Waals surface area (Å²) in [6.45, 7) is 6.92. The first-order chi connectivity index (χ1) is 9.59. The Bertz CT molecular complexity index is 554. The van der Waals surface area contributed by atoms with Crippen LogP contribution in [0.4, 0.5) is 0 Å². The Kier molecular flexibility index (Phi) is 4.88. The highest BCUT2D eigenvalue weighted by molar-refractivity contribution is 5.35. The molecule has 2 N–H and O–H groups in total. The van der Waals surface area contributed by atoms with Crippen molar-refractivity contribution in [3.8, 4) is 0 Å². The predicted molar refractivity (Wildman–Crippen MR) is 81.5 cm³/mol. The van der Waals surface area contributed by atoms with Crippen LogP contribution in [-0.2, 0) is 0 Å². The normalized spacial score (nSPS) is 14.0. The first-order valence-corrected chi connectivity index (χ1v) is 6.97. The van der Waals surface area contributed by atoms with E-state index in [-0.39, 0.29) is 6.04 Å². The van der Waals surface area contributed by atoms with Gasteiger partial charge in [0.2, 0.25) is 0 Å². The molecule has 1 heterocycles. The summed E-state index contributed by atoms with van der Waals surface area (Å²) in [7, 11) is 0. The Hall–Kier alpha value is -1.71. The third-order valence-electron chi connectivity index (χ3n) is 3.82. The molecule has 2 unspecified atom stereocenters. The minimum atomic E-state index is -0.509. The molecule has 0 aliphatic heterocycles. The van der Waals surface area contributed by atoms with Gasteiger partial charge in [0.25, 0.3) is 0 Å². The van der Waals surface area contributed by atoms with Crippen LogP contribution in [0.15, 0.2) is 42.7 Å². The Morgan fingerprint density at radius 2 is 1.85 bits per heavy atom. The van der Waals surface area contributed by atoms with Crippen LogP contribution < -0.4 is 5.32 Å². The van der Waals surface area contributed by atoms with Crippen molar-refractivity contribution in [1.82, 2.24) is 10.3 Å². The lowest BCUT2D eigenvalue weighted by atomic mass is 9.98. The van der Waals surface area contributed by atoms with E-state index in [1.54, 1.807) is 12.4 Å². The number of benzene rings is 1. The van der Waals surface area contributed by atoms with Crippen LogP contribution in [0.2, 0.25) is 0 Å². The summed E-state index contributed by atoms with van der Waals surface area (Å²) in [5.74, 6) is 0. The SMILES string of the molecule is Cc1cccc(C(C)NCC(O)c2ccncc2)c1C. The summed E-state index contributed by atoms with van der Waals surface area (Å²) in [6.07, 6.45) is 2.89. The molecule has 0 bridgehead atoms. The largest absolute Gasteiger partial charge is 0.387 e. The van der Waals surface area contributed by atoms with Gasteiger partial charge in [-0.3, -0.25) is 4.98 Å². The van der Waals surface area contributed by atoms with Gasteiger partial charge >= 0.3 is 0 Å². The fraction of sp³-hybridized carbons (Fsp3) is 0.353. The Morgan fingerprint density at radius 1 is 1.15 bits per heavy atom. The molecule has 106 valence electrons. The number of aryl methyl sites for hydroxylation is 1. The van der Waals surface area contributed by atoms with E-state index in [1.807, 2.05) is 12.1 Å². The van der Waals surface area contributed by atoms with Gasteiger partial charge < -0.3 is 10.4 Å². The summed E-state index contributed by atoms with van der Waals surface area (Å²) in [6, 6.07) is 10.2. The van der Waals surface area contributed by atoms with Crippen LogP contribution in [0, 0.1) is 13.8 Å². The van der Waals surface area contributed by atoms with Crippen molar-refractivity contribution < 1.29 is 5.11 Å². The van der Waals surface area contributed by atoms with Gasteiger partial charge in [0.15, 0.2) is 0 Å². The van der Waals surface area contributed by atoms with Crippen molar-refractivity contribution in [3.63, 3.8) is 0 Å². The maximum Gasteiger partial charge on any atom is 0.0915 e. The minimum absolute atomic E-state index is 0.214. The molecule has 0 spiro atoms. The standard InChI is InChI=1S/C17H22N2O/c1-12-5-4-6-16(13(12)2)14(3)19-11-17(20)15-7-9-18-10-8-15/h4-10,14,17,19-20H,11H2,1-3H3. The maximum atomic E-state index is 10.1. The van der Waals surface area contributed by atoms with Gasteiger partial charge in [-0.1, -0.05) is 18.2 Å². The molecule has 20 heavy (non-hydrogen) atoms. The van der Waals surface area contributed by atoms with Gasteiger partial charge in [-0.05, 0) is 55.2 Å². The number of aliphatic hydroxyl groups excluding tert-OH is 1. The fourth-order valence-electron chi connectivity index (χ4n) is 2.34. The van der Waals surface area contributed by atoms with Crippen LogP contribution in [0.3, 0.4) is 0 Å².